The Labute approximate surface area is 89.7 Å². The van der Waals surface area contributed by atoms with Crippen LogP contribution in [0.3, 0.4) is 0 Å². The van der Waals surface area contributed by atoms with Crippen molar-refractivity contribution < 1.29 is 14.3 Å². The molecule has 2 rings (SSSR count). The Morgan fingerprint density at radius 1 is 1.47 bits per heavy atom. The van der Waals surface area contributed by atoms with Crippen molar-refractivity contribution in [2.24, 2.45) is 0 Å². The van der Waals surface area contributed by atoms with Gasteiger partial charge in [-0.2, -0.15) is 0 Å². The minimum absolute atomic E-state index is 0.0881. The summed E-state index contributed by atoms with van der Waals surface area (Å²) in [5.74, 6) is -0.142. The molecule has 0 saturated carbocycles. The van der Waals surface area contributed by atoms with Crippen LogP contribution in [0.15, 0.2) is 0 Å². The minimum Gasteiger partial charge on any atom is -0.469 e. The molecule has 0 spiro atoms. The molecule has 0 unspecified atom stereocenters. The molecule has 2 saturated heterocycles. The van der Waals surface area contributed by atoms with Crippen molar-refractivity contribution in [2.45, 2.75) is 12.0 Å². The van der Waals surface area contributed by atoms with Gasteiger partial charge in [-0.25, -0.2) is 0 Å². The average Bonchev–Trinajstić information content (AvgIpc) is 2.24. The van der Waals surface area contributed by atoms with Gasteiger partial charge >= 0.3 is 5.97 Å². The predicted octanol–water partition coefficient (Wildman–Crippen LogP) is -0.776. The number of esters is 1. The minimum atomic E-state index is -0.142. The van der Waals surface area contributed by atoms with Crippen LogP contribution in [0.25, 0.3) is 0 Å². The fourth-order valence-corrected chi connectivity index (χ4v) is 2.21. The van der Waals surface area contributed by atoms with Crippen molar-refractivity contribution in [2.75, 3.05) is 46.5 Å². The molecular formula is C10H18N2O3. The van der Waals surface area contributed by atoms with Gasteiger partial charge in [0.05, 0.1) is 32.3 Å². The molecule has 15 heavy (non-hydrogen) atoms. The summed E-state index contributed by atoms with van der Waals surface area (Å²) in [7, 11) is 1.44. The molecule has 2 fully saturated rings. The lowest BCUT2D eigenvalue weighted by Crippen LogP contribution is -2.66. The molecule has 2 heterocycles. The van der Waals surface area contributed by atoms with Crippen molar-refractivity contribution in [1.82, 2.24) is 10.2 Å². The molecule has 0 amide bonds. The molecule has 0 aliphatic carbocycles. The van der Waals surface area contributed by atoms with Crippen molar-refractivity contribution >= 4 is 5.97 Å². The quantitative estimate of drug-likeness (QED) is 0.625. The summed E-state index contributed by atoms with van der Waals surface area (Å²) in [6, 6.07) is 0. The molecule has 86 valence electrons. The number of methoxy groups -OCH3 is 1. The highest BCUT2D eigenvalue weighted by molar-refractivity contribution is 5.71. The molecule has 0 atom stereocenters. The van der Waals surface area contributed by atoms with Gasteiger partial charge in [-0.1, -0.05) is 0 Å². The van der Waals surface area contributed by atoms with Crippen LogP contribution in [0.1, 0.15) is 6.42 Å². The Bertz CT molecular complexity index is 235. The number of carbonyl (C=O) groups is 1. The molecule has 2 aliphatic rings. The zero-order chi connectivity index (χ0) is 10.7. The number of nitrogens with zero attached hydrogens (tertiary/aromatic N) is 1. The first kappa shape index (κ1) is 10.9. The number of rotatable bonds is 3. The Morgan fingerprint density at radius 3 is 2.60 bits per heavy atom. The van der Waals surface area contributed by atoms with Crippen LogP contribution in [0.5, 0.6) is 0 Å². The summed E-state index contributed by atoms with van der Waals surface area (Å²) in [6.07, 6.45) is 0.448. The highest BCUT2D eigenvalue weighted by atomic mass is 16.5. The van der Waals surface area contributed by atoms with Crippen LogP contribution < -0.4 is 5.32 Å². The number of ether oxygens (including phenoxy) is 2. The van der Waals surface area contributed by atoms with Crippen LogP contribution in [0, 0.1) is 0 Å². The number of carbonyl (C=O) groups excluding carboxylic acids is 1. The fraction of sp³-hybridized carbons (Fsp3) is 0.900. The lowest BCUT2D eigenvalue weighted by molar-refractivity contribution is -0.169. The van der Waals surface area contributed by atoms with Crippen LogP contribution in [-0.4, -0.2) is 62.9 Å². The van der Waals surface area contributed by atoms with E-state index in [-0.39, 0.29) is 11.5 Å². The summed E-state index contributed by atoms with van der Waals surface area (Å²) in [5, 5.41) is 3.30. The highest BCUT2D eigenvalue weighted by Gasteiger charge is 2.46. The number of hydrogen-bond acceptors (Lipinski definition) is 5. The van der Waals surface area contributed by atoms with Gasteiger partial charge in [0.15, 0.2) is 0 Å². The Hall–Kier alpha value is -0.650. The summed E-state index contributed by atoms with van der Waals surface area (Å²) in [4.78, 5) is 13.7. The molecule has 0 aromatic carbocycles. The largest absolute Gasteiger partial charge is 0.469 e. The summed E-state index contributed by atoms with van der Waals surface area (Å²) < 4.78 is 10.0. The van der Waals surface area contributed by atoms with E-state index < -0.39 is 0 Å². The molecule has 0 aromatic rings. The third kappa shape index (κ3) is 2.14. The molecule has 1 N–H and O–H groups in total. The normalized spacial score (nSPS) is 25.7. The van der Waals surface area contributed by atoms with Crippen molar-refractivity contribution in [1.29, 1.82) is 0 Å². The summed E-state index contributed by atoms with van der Waals surface area (Å²) in [6.45, 7) is 5.26. The zero-order valence-corrected chi connectivity index (χ0v) is 9.12. The second kappa shape index (κ2) is 4.47. The maximum absolute atomic E-state index is 11.3. The topological polar surface area (TPSA) is 50.8 Å². The van der Waals surface area contributed by atoms with Crippen molar-refractivity contribution in [3.05, 3.63) is 0 Å². The molecular weight excluding hydrogens is 196 g/mol. The molecule has 5 heteroatoms. The maximum Gasteiger partial charge on any atom is 0.307 e. The Morgan fingerprint density at radius 2 is 2.13 bits per heavy atom. The van der Waals surface area contributed by atoms with Crippen molar-refractivity contribution in [3.63, 3.8) is 0 Å². The van der Waals surface area contributed by atoms with Gasteiger partial charge in [0.2, 0.25) is 0 Å². The van der Waals surface area contributed by atoms with Crippen LogP contribution >= 0.6 is 0 Å². The van der Waals surface area contributed by atoms with Crippen LogP contribution in [-0.2, 0) is 14.3 Å². The summed E-state index contributed by atoms with van der Waals surface area (Å²) >= 11 is 0. The number of nitrogens with one attached hydrogen (secondary N) is 1. The van der Waals surface area contributed by atoms with E-state index in [1.807, 2.05) is 0 Å². The fourth-order valence-electron chi connectivity index (χ4n) is 2.21. The molecule has 0 bridgehead atoms. The van der Waals surface area contributed by atoms with Gasteiger partial charge in [-0.15, -0.1) is 0 Å². The van der Waals surface area contributed by atoms with Crippen LogP contribution in [0.4, 0.5) is 0 Å². The monoisotopic (exact) mass is 214 g/mol. The van der Waals surface area contributed by atoms with Gasteiger partial charge in [0.25, 0.3) is 0 Å². The van der Waals surface area contributed by atoms with Gasteiger partial charge in [0, 0.05) is 26.2 Å². The number of piperazine rings is 1. The predicted molar refractivity (Wildman–Crippen MR) is 54.6 cm³/mol. The first-order chi connectivity index (χ1) is 7.27. The Kier molecular flexibility index (Phi) is 3.23. The second-order valence-electron chi connectivity index (χ2n) is 4.21. The van der Waals surface area contributed by atoms with E-state index >= 15 is 0 Å². The van der Waals surface area contributed by atoms with E-state index in [0.717, 1.165) is 26.2 Å². The SMILES string of the molecule is COC(=O)CC1(N2CCNCC2)COC1. The van der Waals surface area contributed by atoms with Gasteiger partial charge < -0.3 is 14.8 Å². The lowest BCUT2D eigenvalue weighted by atomic mass is 9.90. The molecule has 0 aromatic heterocycles. The van der Waals surface area contributed by atoms with Crippen molar-refractivity contribution in [3.8, 4) is 0 Å². The lowest BCUT2D eigenvalue weighted by Gasteiger charge is -2.50. The van der Waals surface area contributed by atoms with E-state index in [0.29, 0.717) is 19.6 Å². The standard InChI is InChI=1S/C10H18N2O3/c1-14-9(13)6-10(7-15-8-10)12-4-2-11-3-5-12/h11H,2-8H2,1H3. The second-order valence-corrected chi connectivity index (χ2v) is 4.21. The smallest absolute Gasteiger partial charge is 0.307 e. The van der Waals surface area contributed by atoms with E-state index in [1.165, 1.54) is 7.11 Å². The maximum atomic E-state index is 11.3. The van der Waals surface area contributed by atoms with Gasteiger partial charge in [-0.3, -0.25) is 9.69 Å². The third-order valence-corrected chi connectivity index (χ3v) is 3.23. The first-order valence-corrected chi connectivity index (χ1v) is 5.37. The molecule has 5 nitrogen and oxygen atoms in total. The van der Waals surface area contributed by atoms with Gasteiger partial charge in [0.1, 0.15) is 0 Å². The molecule has 0 radical (unpaired) electrons. The highest BCUT2D eigenvalue weighted by Crippen LogP contribution is 2.29. The first-order valence-electron chi connectivity index (χ1n) is 5.37. The van der Waals surface area contributed by atoms with E-state index in [1.54, 1.807) is 0 Å². The van der Waals surface area contributed by atoms with E-state index in [2.05, 4.69) is 10.2 Å². The molecule has 2 aliphatic heterocycles. The third-order valence-electron chi connectivity index (χ3n) is 3.23. The van der Waals surface area contributed by atoms with E-state index in [4.69, 9.17) is 9.47 Å². The number of hydrogen-bond donors (Lipinski definition) is 1. The van der Waals surface area contributed by atoms with Gasteiger partial charge in [-0.05, 0) is 0 Å². The average molecular weight is 214 g/mol. The van der Waals surface area contributed by atoms with E-state index in [9.17, 15) is 4.79 Å². The Balaban J connectivity index is 1.97. The van der Waals surface area contributed by atoms with Crippen LogP contribution in [0.2, 0.25) is 0 Å². The zero-order valence-electron chi connectivity index (χ0n) is 9.12. The summed E-state index contributed by atoms with van der Waals surface area (Å²) in [5.41, 5.74) is -0.0881.